The maximum absolute atomic E-state index is 12.0. The maximum atomic E-state index is 12.0. The molecule has 0 aromatic carbocycles. The number of hydrogen-bond acceptors (Lipinski definition) is 4. The number of nitrogens with one attached hydrogen (secondary N) is 1. The lowest BCUT2D eigenvalue weighted by molar-refractivity contribution is -0.132. The van der Waals surface area contributed by atoms with Crippen molar-refractivity contribution in [3.63, 3.8) is 0 Å². The number of carbonyl (C=O) groups excluding carboxylic acids is 1. The molecule has 0 spiro atoms. The molecule has 1 aromatic heterocycles. The normalized spacial score (nSPS) is 14.2. The highest BCUT2D eigenvalue weighted by Gasteiger charge is 2.19. The van der Waals surface area contributed by atoms with Gasteiger partial charge in [0, 0.05) is 19.6 Å². The first kappa shape index (κ1) is 14.7. The minimum atomic E-state index is -0.730. The first-order valence-corrected chi connectivity index (χ1v) is 6.33. The molecule has 0 saturated carbocycles. The third kappa shape index (κ3) is 3.85. The van der Waals surface area contributed by atoms with Gasteiger partial charge in [0.05, 0.1) is 12.3 Å². The Morgan fingerprint density at radius 1 is 1.50 bits per heavy atom. The van der Waals surface area contributed by atoms with Crippen LogP contribution >= 0.6 is 0 Å². The molecule has 2 atom stereocenters. The predicted molar refractivity (Wildman–Crippen MR) is 69.1 cm³/mol. The van der Waals surface area contributed by atoms with Crippen molar-refractivity contribution in [2.45, 2.75) is 32.9 Å². The number of aliphatic hydroxyl groups excluding tert-OH is 1. The molecule has 0 bridgehead atoms. The molecule has 2 unspecified atom stereocenters. The second kappa shape index (κ2) is 7.18. The van der Waals surface area contributed by atoms with E-state index in [1.807, 2.05) is 13.8 Å². The summed E-state index contributed by atoms with van der Waals surface area (Å²) in [6.45, 7) is 7.39. The van der Waals surface area contributed by atoms with E-state index in [0.717, 1.165) is 0 Å². The minimum absolute atomic E-state index is 0.0478. The van der Waals surface area contributed by atoms with Gasteiger partial charge in [-0.3, -0.25) is 4.79 Å². The van der Waals surface area contributed by atoms with Crippen LogP contribution in [0.1, 0.15) is 32.6 Å². The van der Waals surface area contributed by atoms with E-state index in [1.54, 1.807) is 24.0 Å². The molecule has 0 saturated heterocycles. The summed E-state index contributed by atoms with van der Waals surface area (Å²) >= 11 is 0. The highest BCUT2D eigenvalue weighted by atomic mass is 16.4. The van der Waals surface area contributed by atoms with Gasteiger partial charge in [-0.2, -0.15) is 0 Å². The number of amides is 1. The summed E-state index contributed by atoms with van der Waals surface area (Å²) in [7, 11) is 0. The third-order valence-corrected chi connectivity index (χ3v) is 2.93. The summed E-state index contributed by atoms with van der Waals surface area (Å²) in [4.78, 5) is 13.7. The molecule has 5 heteroatoms. The summed E-state index contributed by atoms with van der Waals surface area (Å²) in [5.41, 5.74) is 0. The molecule has 102 valence electrons. The molecule has 0 radical (unpaired) electrons. The summed E-state index contributed by atoms with van der Waals surface area (Å²) in [6.07, 6.45) is 0.787. The van der Waals surface area contributed by atoms with Crippen LogP contribution in [0.2, 0.25) is 0 Å². The fraction of sp³-hybridized carbons (Fsp3) is 0.615. The van der Waals surface area contributed by atoms with Gasteiger partial charge in [0.25, 0.3) is 0 Å². The van der Waals surface area contributed by atoms with Crippen LogP contribution in [0, 0.1) is 0 Å². The van der Waals surface area contributed by atoms with Crippen LogP contribution in [0.25, 0.3) is 0 Å². The van der Waals surface area contributed by atoms with E-state index >= 15 is 0 Å². The zero-order valence-electron chi connectivity index (χ0n) is 11.2. The Morgan fingerprint density at radius 3 is 2.67 bits per heavy atom. The molecule has 1 heterocycles. The second-order valence-electron chi connectivity index (χ2n) is 4.17. The molecule has 0 fully saturated rings. The summed E-state index contributed by atoms with van der Waals surface area (Å²) < 4.78 is 5.09. The van der Waals surface area contributed by atoms with Gasteiger partial charge >= 0.3 is 0 Å². The molecule has 2 N–H and O–H groups in total. The van der Waals surface area contributed by atoms with Crippen molar-refractivity contribution in [2.24, 2.45) is 0 Å². The summed E-state index contributed by atoms with van der Waals surface area (Å²) in [5.74, 6) is 0.552. The molecule has 1 aromatic rings. The lowest BCUT2D eigenvalue weighted by Crippen LogP contribution is -2.45. The van der Waals surface area contributed by atoms with Crippen molar-refractivity contribution in [3.05, 3.63) is 24.2 Å². The van der Waals surface area contributed by atoms with Crippen LogP contribution in [0.15, 0.2) is 22.8 Å². The lowest BCUT2D eigenvalue weighted by atomic mass is 10.2. The van der Waals surface area contributed by atoms with Crippen molar-refractivity contribution >= 4 is 5.91 Å². The van der Waals surface area contributed by atoms with Crippen molar-refractivity contribution in [2.75, 3.05) is 19.6 Å². The minimum Gasteiger partial charge on any atom is -0.467 e. The number of carbonyl (C=O) groups is 1. The Morgan fingerprint density at radius 2 is 2.17 bits per heavy atom. The largest absolute Gasteiger partial charge is 0.467 e. The van der Waals surface area contributed by atoms with E-state index in [4.69, 9.17) is 4.42 Å². The number of likely N-dealkylation sites (N-methyl/N-ethyl adjacent to an activating group) is 1. The number of hydrogen-bond donors (Lipinski definition) is 2. The van der Waals surface area contributed by atoms with Crippen molar-refractivity contribution in [1.82, 2.24) is 10.2 Å². The third-order valence-electron chi connectivity index (χ3n) is 2.93. The number of aliphatic hydroxyl groups is 1. The van der Waals surface area contributed by atoms with Crippen LogP contribution < -0.4 is 5.32 Å². The monoisotopic (exact) mass is 254 g/mol. The number of nitrogens with zero attached hydrogens (tertiary/aromatic N) is 1. The van der Waals surface area contributed by atoms with Gasteiger partial charge in [0.15, 0.2) is 0 Å². The quantitative estimate of drug-likeness (QED) is 0.766. The van der Waals surface area contributed by atoms with Crippen LogP contribution in [-0.4, -0.2) is 41.6 Å². The fourth-order valence-corrected chi connectivity index (χ4v) is 1.77. The smallest absolute Gasteiger partial charge is 0.239 e. The highest BCUT2D eigenvalue weighted by molar-refractivity contribution is 5.81. The highest BCUT2D eigenvalue weighted by Crippen LogP contribution is 2.11. The molecular formula is C13H22N2O3. The van der Waals surface area contributed by atoms with E-state index in [9.17, 15) is 9.90 Å². The molecule has 1 amide bonds. The Labute approximate surface area is 108 Å². The predicted octanol–water partition coefficient (Wildman–Crippen LogP) is 1.16. The topological polar surface area (TPSA) is 65.7 Å². The summed E-state index contributed by atoms with van der Waals surface area (Å²) in [6, 6.07) is 3.13. The fourth-order valence-electron chi connectivity index (χ4n) is 1.77. The first-order chi connectivity index (χ1) is 8.60. The first-order valence-electron chi connectivity index (χ1n) is 6.33. The Bertz CT molecular complexity index is 347. The average Bonchev–Trinajstić information content (AvgIpc) is 2.90. The lowest BCUT2D eigenvalue weighted by Gasteiger charge is -2.24. The van der Waals surface area contributed by atoms with Crippen molar-refractivity contribution in [3.8, 4) is 0 Å². The molecule has 5 nitrogen and oxygen atoms in total. The standard InChI is InChI=1S/C13H22N2O3/c1-4-15(5-2)13(17)10(3)14-9-11(16)12-7-6-8-18-12/h6-8,10-11,14,16H,4-5,9H2,1-3H3. The Hall–Kier alpha value is -1.33. The molecule has 0 aliphatic heterocycles. The zero-order valence-corrected chi connectivity index (χ0v) is 11.2. The SMILES string of the molecule is CCN(CC)C(=O)C(C)NCC(O)c1ccco1. The van der Waals surface area contributed by atoms with Crippen LogP contribution in [0.5, 0.6) is 0 Å². The number of rotatable bonds is 7. The van der Waals surface area contributed by atoms with Gasteiger partial charge in [-0.05, 0) is 32.9 Å². The van der Waals surface area contributed by atoms with Gasteiger partial charge < -0.3 is 19.7 Å². The van der Waals surface area contributed by atoms with Gasteiger partial charge in [-0.15, -0.1) is 0 Å². The summed E-state index contributed by atoms with van der Waals surface area (Å²) in [5, 5.41) is 12.8. The van der Waals surface area contributed by atoms with E-state index in [-0.39, 0.29) is 11.9 Å². The maximum Gasteiger partial charge on any atom is 0.239 e. The van der Waals surface area contributed by atoms with Gasteiger partial charge in [0.2, 0.25) is 5.91 Å². The van der Waals surface area contributed by atoms with Crippen LogP contribution in [0.4, 0.5) is 0 Å². The van der Waals surface area contributed by atoms with Crippen LogP contribution in [0.3, 0.4) is 0 Å². The molecule has 18 heavy (non-hydrogen) atoms. The van der Waals surface area contributed by atoms with E-state index in [2.05, 4.69) is 5.32 Å². The molecular weight excluding hydrogens is 232 g/mol. The Balaban J connectivity index is 2.41. The average molecular weight is 254 g/mol. The molecule has 1 rings (SSSR count). The van der Waals surface area contributed by atoms with Gasteiger partial charge in [-0.1, -0.05) is 0 Å². The zero-order chi connectivity index (χ0) is 13.5. The van der Waals surface area contributed by atoms with E-state index < -0.39 is 6.10 Å². The van der Waals surface area contributed by atoms with Crippen molar-refractivity contribution in [1.29, 1.82) is 0 Å². The van der Waals surface area contributed by atoms with Gasteiger partial charge in [-0.25, -0.2) is 0 Å². The Kier molecular flexibility index (Phi) is 5.88. The second-order valence-corrected chi connectivity index (χ2v) is 4.17. The molecule has 0 aliphatic carbocycles. The van der Waals surface area contributed by atoms with Crippen molar-refractivity contribution < 1.29 is 14.3 Å². The van der Waals surface area contributed by atoms with Crippen LogP contribution in [-0.2, 0) is 4.79 Å². The van der Waals surface area contributed by atoms with Gasteiger partial charge in [0.1, 0.15) is 11.9 Å². The van der Waals surface area contributed by atoms with E-state index in [1.165, 1.54) is 6.26 Å². The number of furan rings is 1. The van der Waals surface area contributed by atoms with E-state index in [0.29, 0.717) is 25.4 Å². The molecule has 0 aliphatic rings.